The number of amides is 2. The molecule has 0 aromatic carbocycles. The van der Waals surface area contributed by atoms with Crippen LogP contribution in [-0.2, 0) is 26.3 Å². The minimum atomic E-state index is -4.56. The molecule has 2 rings (SSSR count). The molecule has 2 amide bonds. The second-order valence-electron chi connectivity index (χ2n) is 4.37. The SMILES string of the molecule is CCn1ncc(CNC(=O)Nc2cc(C(F)(F)F)nn2C)n1. The number of hydrogen-bond acceptors (Lipinski definition) is 4. The van der Waals surface area contributed by atoms with Crippen molar-refractivity contribution in [3.05, 3.63) is 23.7 Å². The maximum atomic E-state index is 12.5. The van der Waals surface area contributed by atoms with Crippen LogP contribution in [0, 0.1) is 0 Å². The van der Waals surface area contributed by atoms with Crippen LogP contribution in [0.25, 0.3) is 0 Å². The summed E-state index contributed by atoms with van der Waals surface area (Å²) >= 11 is 0. The number of aryl methyl sites for hydroxylation is 2. The lowest BCUT2D eigenvalue weighted by molar-refractivity contribution is -0.141. The van der Waals surface area contributed by atoms with Crippen molar-refractivity contribution < 1.29 is 18.0 Å². The lowest BCUT2D eigenvalue weighted by Gasteiger charge is -2.05. The van der Waals surface area contributed by atoms with E-state index in [0.717, 1.165) is 10.7 Å². The fourth-order valence-electron chi connectivity index (χ4n) is 1.62. The second-order valence-corrected chi connectivity index (χ2v) is 4.37. The zero-order chi connectivity index (χ0) is 16.3. The van der Waals surface area contributed by atoms with Gasteiger partial charge in [-0.25, -0.2) is 4.79 Å². The molecule has 0 aliphatic rings. The van der Waals surface area contributed by atoms with E-state index in [0.29, 0.717) is 12.2 Å². The Kier molecular flexibility index (Phi) is 4.33. The number of nitrogens with zero attached hydrogens (tertiary/aromatic N) is 5. The van der Waals surface area contributed by atoms with E-state index in [1.54, 1.807) is 0 Å². The van der Waals surface area contributed by atoms with Crippen LogP contribution < -0.4 is 10.6 Å². The molecule has 2 N–H and O–H groups in total. The molecule has 0 saturated carbocycles. The molecule has 2 aromatic rings. The maximum Gasteiger partial charge on any atom is 0.435 e. The fourth-order valence-corrected chi connectivity index (χ4v) is 1.62. The van der Waals surface area contributed by atoms with Gasteiger partial charge in [0.1, 0.15) is 11.5 Å². The summed E-state index contributed by atoms with van der Waals surface area (Å²) in [6.07, 6.45) is -3.07. The minimum Gasteiger partial charge on any atom is -0.332 e. The third-order valence-electron chi connectivity index (χ3n) is 2.71. The van der Waals surface area contributed by atoms with E-state index in [4.69, 9.17) is 0 Å². The van der Waals surface area contributed by atoms with Crippen LogP contribution in [0.3, 0.4) is 0 Å². The van der Waals surface area contributed by atoms with Gasteiger partial charge in [-0.2, -0.15) is 33.3 Å². The van der Waals surface area contributed by atoms with Gasteiger partial charge in [-0.1, -0.05) is 0 Å². The number of alkyl halides is 3. The zero-order valence-electron chi connectivity index (χ0n) is 11.8. The predicted molar refractivity (Wildman–Crippen MR) is 69.8 cm³/mol. The molecular weight excluding hydrogens is 303 g/mol. The number of anilines is 1. The van der Waals surface area contributed by atoms with Crippen LogP contribution in [0.15, 0.2) is 12.3 Å². The predicted octanol–water partition coefficient (Wildman–Crippen LogP) is 1.37. The summed E-state index contributed by atoms with van der Waals surface area (Å²) in [6, 6.07) is 0.0928. The first-order valence-corrected chi connectivity index (χ1v) is 6.34. The first kappa shape index (κ1) is 15.8. The lowest BCUT2D eigenvalue weighted by atomic mass is 10.4. The Balaban J connectivity index is 1.93. The number of nitrogens with one attached hydrogen (secondary N) is 2. The van der Waals surface area contributed by atoms with Gasteiger partial charge in [-0.3, -0.25) is 10.00 Å². The Bertz CT molecular complexity index is 661. The van der Waals surface area contributed by atoms with Crippen LogP contribution in [-0.4, -0.2) is 30.8 Å². The normalized spacial score (nSPS) is 11.5. The second kappa shape index (κ2) is 6.03. The van der Waals surface area contributed by atoms with Gasteiger partial charge in [-0.15, -0.1) is 0 Å². The van der Waals surface area contributed by atoms with Crippen LogP contribution in [0.4, 0.5) is 23.8 Å². The van der Waals surface area contributed by atoms with Crippen molar-refractivity contribution >= 4 is 11.8 Å². The fraction of sp³-hybridized carbons (Fsp3) is 0.455. The van der Waals surface area contributed by atoms with E-state index in [1.807, 2.05) is 6.92 Å². The summed E-state index contributed by atoms with van der Waals surface area (Å²) in [5, 5.41) is 16.0. The molecule has 0 fully saturated rings. The van der Waals surface area contributed by atoms with Crippen molar-refractivity contribution in [1.29, 1.82) is 0 Å². The summed E-state index contributed by atoms with van der Waals surface area (Å²) in [6.45, 7) is 2.57. The quantitative estimate of drug-likeness (QED) is 0.891. The summed E-state index contributed by atoms with van der Waals surface area (Å²) in [5.74, 6) is -0.0676. The van der Waals surface area contributed by atoms with Crippen molar-refractivity contribution in [1.82, 2.24) is 30.1 Å². The molecule has 0 radical (unpaired) electrons. The monoisotopic (exact) mass is 317 g/mol. The first-order chi connectivity index (χ1) is 10.3. The number of carbonyl (C=O) groups is 1. The van der Waals surface area contributed by atoms with Gasteiger partial charge < -0.3 is 5.32 Å². The number of rotatable bonds is 4. The molecule has 0 aliphatic heterocycles. The highest BCUT2D eigenvalue weighted by atomic mass is 19.4. The van der Waals surface area contributed by atoms with Crippen LogP contribution >= 0.6 is 0 Å². The standard InChI is InChI=1S/C11H14F3N7O/c1-3-21-16-6-7(18-21)5-15-10(22)17-9-4-8(11(12,13)14)19-20(9)2/h4,6H,3,5H2,1-2H3,(H2,15,17,22). The van der Waals surface area contributed by atoms with E-state index in [1.165, 1.54) is 18.0 Å². The van der Waals surface area contributed by atoms with Gasteiger partial charge >= 0.3 is 12.2 Å². The molecule has 0 atom stereocenters. The number of halogens is 3. The lowest BCUT2D eigenvalue weighted by Crippen LogP contribution is -2.29. The molecule has 0 spiro atoms. The first-order valence-electron chi connectivity index (χ1n) is 6.34. The summed E-state index contributed by atoms with van der Waals surface area (Å²) in [5.41, 5.74) is -0.533. The molecular formula is C11H14F3N7O. The zero-order valence-corrected chi connectivity index (χ0v) is 11.8. The van der Waals surface area contributed by atoms with Crippen molar-refractivity contribution in [3.8, 4) is 0 Å². The van der Waals surface area contributed by atoms with E-state index in [-0.39, 0.29) is 12.4 Å². The number of urea groups is 1. The highest BCUT2D eigenvalue weighted by Gasteiger charge is 2.34. The number of carbonyl (C=O) groups excluding carboxylic acids is 1. The smallest absolute Gasteiger partial charge is 0.332 e. The average molecular weight is 317 g/mol. The topological polar surface area (TPSA) is 89.7 Å². The molecule has 11 heteroatoms. The van der Waals surface area contributed by atoms with E-state index < -0.39 is 17.9 Å². The van der Waals surface area contributed by atoms with Crippen LogP contribution in [0.5, 0.6) is 0 Å². The maximum absolute atomic E-state index is 12.5. The largest absolute Gasteiger partial charge is 0.435 e. The Labute approximate surface area is 123 Å². The van der Waals surface area contributed by atoms with E-state index >= 15 is 0 Å². The third kappa shape index (κ3) is 3.74. The van der Waals surface area contributed by atoms with Crippen molar-refractivity contribution in [2.45, 2.75) is 26.2 Å². The van der Waals surface area contributed by atoms with Crippen LogP contribution in [0.2, 0.25) is 0 Å². The molecule has 0 unspecified atom stereocenters. The summed E-state index contributed by atoms with van der Waals surface area (Å²) in [7, 11) is 1.30. The minimum absolute atomic E-state index is 0.0676. The van der Waals surface area contributed by atoms with Gasteiger partial charge in [0.25, 0.3) is 0 Å². The molecule has 0 aliphatic carbocycles. The Morgan fingerprint density at radius 2 is 2.09 bits per heavy atom. The van der Waals surface area contributed by atoms with Crippen molar-refractivity contribution in [2.24, 2.45) is 7.05 Å². The molecule has 0 bridgehead atoms. The number of hydrogen-bond donors (Lipinski definition) is 2. The Morgan fingerprint density at radius 1 is 1.36 bits per heavy atom. The third-order valence-corrected chi connectivity index (χ3v) is 2.71. The molecule has 0 saturated heterocycles. The van der Waals surface area contributed by atoms with Crippen molar-refractivity contribution in [3.63, 3.8) is 0 Å². The molecule has 22 heavy (non-hydrogen) atoms. The van der Waals surface area contributed by atoms with Gasteiger partial charge in [-0.05, 0) is 6.92 Å². The molecule has 2 heterocycles. The van der Waals surface area contributed by atoms with Gasteiger partial charge in [0.15, 0.2) is 5.69 Å². The molecule has 2 aromatic heterocycles. The Hall–Kier alpha value is -2.59. The highest BCUT2D eigenvalue weighted by Crippen LogP contribution is 2.29. The van der Waals surface area contributed by atoms with E-state index in [2.05, 4.69) is 25.9 Å². The van der Waals surface area contributed by atoms with Gasteiger partial charge in [0, 0.05) is 13.1 Å². The summed E-state index contributed by atoms with van der Waals surface area (Å²) in [4.78, 5) is 13.1. The Morgan fingerprint density at radius 3 is 2.64 bits per heavy atom. The van der Waals surface area contributed by atoms with Gasteiger partial charge in [0.05, 0.1) is 19.3 Å². The average Bonchev–Trinajstić information content (AvgIpc) is 3.03. The van der Waals surface area contributed by atoms with Crippen molar-refractivity contribution in [2.75, 3.05) is 5.32 Å². The van der Waals surface area contributed by atoms with Gasteiger partial charge in [0.2, 0.25) is 0 Å². The molecule has 120 valence electrons. The number of aromatic nitrogens is 5. The van der Waals surface area contributed by atoms with Crippen LogP contribution in [0.1, 0.15) is 18.3 Å². The summed E-state index contributed by atoms with van der Waals surface area (Å²) < 4.78 is 38.4. The molecule has 8 nitrogen and oxygen atoms in total. The highest BCUT2D eigenvalue weighted by molar-refractivity contribution is 5.88. The van der Waals surface area contributed by atoms with E-state index in [9.17, 15) is 18.0 Å².